The van der Waals surface area contributed by atoms with E-state index in [0.717, 1.165) is 11.1 Å². The maximum atomic E-state index is 5.43. The van der Waals surface area contributed by atoms with Gasteiger partial charge in [-0.05, 0) is 11.1 Å². The molecule has 0 saturated heterocycles. The molecule has 0 aromatic heterocycles. The van der Waals surface area contributed by atoms with Crippen LogP contribution in [0.4, 0.5) is 0 Å². The Kier molecular flexibility index (Phi) is 9.31. The van der Waals surface area contributed by atoms with Gasteiger partial charge in [-0.25, -0.2) is 0 Å². The van der Waals surface area contributed by atoms with Crippen molar-refractivity contribution in [3.63, 3.8) is 0 Å². The molecule has 0 amide bonds. The van der Waals surface area contributed by atoms with Crippen LogP contribution in [0.2, 0.25) is 0 Å². The summed E-state index contributed by atoms with van der Waals surface area (Å²) in [7, 11) is 14.8. The molecular formula is C8H12Cl3N2Rh. The van der Waals surface area contributed by atoms with Crippen molar-refractivity contribution in [3.8, 4) is 0 Å². The second-order valence-corrected chi connectivity index (χ2v) is 9.83. The molecule has 0 atom stereocenters. The number of nitrogens with two attached hydrogens (primary N) is 2. The van der Waals surface area contributed by atoms with Gasteiger partial charge in [0, 0.05) is 13.1 Å². The summed E-state index contributed by atoms with van der Waals surface area (Å²) in [4.78, 5) is 0. The zero-order valence-electron chi connectivity index (χ0n) is 7.35. The predicted molar refractivity (Wildman–Crippen MR) is 59.8 cm³/mol. The molecule has 1 rings (SSSR count). The summed E-state index contributed by atoms with van der Waals surface area (Å²) in [6, 6.07) is 8.00. The van der Waals surface area contributed by atoms with Gasteiger partial charge in [0.2, 0.25) is 0 Å². The van der Waals surface area contributed by atoms with Gasteiger partial charge in [0.25, 0.3) is 0 Å². The third kappa shape index (κ3) is 7.98. The molecule has 0 radical (unpaired) electrons. The van der Waals surface area contributed by atoms with Crippen LogP contribution >= 0.6 is 29.1 Å². The third-order valence-corrected chi connectivity index (χ3v) is 1.46. The number of hydrogen-bond acceptors (Lipinski definition) is 2. The van der Waals surface area contributed by atoms with E-state index in [1.165, 1.54) is 0 Å². The predicted octanol–water partition coefficient (Wildman–Crippen LogP) is 2.67. The van der Waals surface area contributed by atoms with Gasteiger partial charge in [-0.3, -0.25) is 0 Å². The summed E-state index contributed by atoms with van der Waals surface area (Å²) in [6.07, 6.45) is 0. The maximum absolute atomic E-state index is 5.43. The summed E-state index contributed by atoms with van der Waals surface area (Å²) >= 11 is -1.66. The summed E-state index contributed by atoms with van der Waals surface area (Å²) < 4.78 is 0. The summed E-state index contributed by atoms with van der Waals surface area (Å²) in [5.74, 6) is 0. The fraction of sp³-hybridized carbons (Fsp3) is 0.250. The number of benzene rings is 1. The van der Waals surface area contributed by atoms with Gasteiger partial charge >= 0.3 is 42.1 Å². The zero-order valence-corrected chi connectivity index (χ0v) is 11.3. The van der Waals surface area contributed by atoms with Gasteiger partial charge < -0.3 is 11.5 Å². The average molecular weight is 345 g/mol. The molecule has 0 spiro atoms. The summed E-state index contributed by atoms with van der Waals surface area (Å²) in [5, 5.41) is 0. The van der Waals surface area contributed by atoms with Crippen molar-refractivity contribution in [2.75, 3.05) is 0 Å². The second-order valence-electron chi connectivity index (χ2n) is 2.37. The molecule has 1 aromatic carbocycles. The van der Waals surface area contributed by atoms with Crippen LogP contribution in [0.3, 0.4) is 0 Å². The van der Waals surface area contributed by atoms with Gasteiger partial charge in [0.05, 0.1) is 0 Å². The van der Waals surface area contributed by atoms with Gasteiger partial charge in [0.1, 0.15) is 0 Å². The molecule has 6 heteroatoms. The molecular weight excluding hydrogens is 333 g/mol. The SMILES string of the molecule is NCc1cccc(CN)c1.[Cl][Rh]([Cl])[Cl]. The average Bonchev–Trinajstić information content (AvgIpc) is 2.17. The molecule has 0 heterocycles. The van der Waals surface area contributed by atoms with Crippen molar-refractivity contribution in [1.82, 2.24) is 0 Å². The first kappa shape index (κ1) is 14.6. The molecule has 4 N–H and O–H groups in total. The first-order valence-electron chi connectivity index (χ1n) is 3.72. The molecule has 0 aliphatic rings. The Morgan fingerprint density at radius 1 is 1.00 bits per heavy atom. The number of hydrogen-bond donors (Lipinski definition) is 2. The fourth-order valence-electron chi connectivity index (χ4n) is 0.884. The Morgan fingerprint density at radius 3 is 1.64 bits per heavy atom. The minimum absolute atomic E-state index is 0.591. The molecule has 14 heavy (non-hydrogen) atoms. The van der Waals surface area contributed by atoms with Gasteiger partial charge in [-0.1, -0.05) is 24.3 Å². The summed E-state index contributed by atoms with van der Waals surface area (Å²) in [5.41, 5.74) is 13.1. The molecule has 0 fully saturated rings. The standard InChI is InChI=1S/C8H12N2.3ClH.Rh/c9-5-7-2-1-3-8(4-7)6-10;;;;/h1-4H,5-6,9-10H2;3*1H;/q;;;;+3/p-3. The molecule has 0 unspecified atom stereocenters. The topological polar surface area (TPSA) is 52.0 Å². The van der Waals surface area contributed by atoms with E-state index in [1.54, 1.807) is 0 Å². The van der Waals surface area contributed by atoms with Crippen LogP contribution in [0.5, 0.6) is 0 Å². The number of halogens is 3. The van der Waals surface area contributed by atoms with Crippen LogP contribution < -0.4 is 11.5 Å². The molecule has 0 saturated carbocycles. The van der Waals surface area contributed by atoms with Crippen LogP contribution in [-0.2, 0) is 26.1 Å². The fourth-order valence-corrected chi connectivity index (χ4v) is 0.884. The van der Waals surface area contributed by atoms with Crippen LogP contribution in [0.25, 0.3) is 0 Å². The second kappa shape index (κ2) is 8.90. The van der Waals surface area contributed by atoms with E-state index in [2.05, 4.69) is 0 Å². The van der Waals surface area contributed by atoms with Crippen molar-refractivity contribution in [3.05, 3.63) is 35.4 Å². The van der Waals surface area contributed by atoms with Crippen molar-refractivity contribution >= 4 is 29.1 Å². The van der Waals surface area contributed by atoms with Crippen molar-refractivity contribution in [2.24, 2.45) is 11.5 Å². The zero-order chi connectivity index (χ0) is 11.0. The van der Waals surface area contributed by atoms with Crippen molar-refractivity contribution in [1.29, 1.82) is 0 Å². The molecule has 0 bridgehead atoms. The van der Waals surface area contributed by atoms with Crippen LogP contribution in [-0.4, -0.2) is 0 Å². The Hall–Kier alpha value is 0.633. The Bertz CT molecular complexity index is 236. The van der Waals surface area contributed by atoms with Gasteiger partial charge in [0.15, 0.2) is 0 Å². The van der Waals surface area contributed by atoms with E-state index in [9.17, 15) is 0 Å². The van der Waals surface area contributed by atoms with Crippen molar-refractivity contribution < 1.29 is 13.0 Å². The Morgan fingerprint density at radius 2 is 1.36 bits per heavy atom. The van der Waals surface area contributed by atoms with E-state index >= 15 is 0 Å². The normalized spacial score (nSPS) is 10.2. The number of rotatable bonds is 2. The first-order chi connectivity index (χ1) is 6.60. The van der Waals surface area contributed by atoms with Crippen molar-refractivity contribution in [2.45, 2.75) is 13.1 Å². The minimum atomic E-state index is -1.66. The summed E-state index contributed by atoms with van der Waals surface area (Å²) in [6.45, 7) is 1.18. The molecule has 0 aliphatic heterocycles. The third-order valence-electron chi connectivity index (χ3n) is 1.46. The van der Waals surface area contributed by atoms with Crippen LogP contribution in [0.15, 0.2) is 24.3 Å². The van der Waals surface area contributed by atoms with Gasteiger partial charge in [-0.15, -0.1) is 0 Å². The van der Waals surface area contributed by atoms with E-state index in [0.29, 0.717) is 13.1 Å². The molecule has 2 nitrogen and oxygen atoms in total. The molecule has 0 aliphatic carbocycles. The van der Waals surface area contributed by atoms with E-state index in [4.69, 9.17) is 40.5 Å². The Balaban J connectivity index is 0.000000364. The molecule has 1 aromatic rings. The quantitative estimate of drug-likeness (QED) is 0.810. The van der Waals surface area contributed by atoms with E-state index < -0.39 is 13.0 Å². The van der Waals surface area contributed by atoms with E-state index in [1.807, 2.05) is 24.3 Å². The van der Waals surface area contributed by atoms with Crippen LogP contribution in [0, 0.1) is 0 Å². The Labute approximate surface area is 102 Å². The molecule has 84 valence electrons. The van der Waals surface area contributed by atoms with Crippen LogP contribution in [0.1, 0.15) is 11.1 Å². The first-order valence-corrected chi connectivity index (χ1v) is 10.1. The van der Waals surface area contributed by atoms with E-state index in [-0.39, 0.29) is 0 Å². The van der Waals surface area contributed by atoms with Gasteiger partial charge in [-0.2, -0.15) is 0 Å². The monoisotopic (exact) mass is 344 g/mol.